The van der Waals surface area contributed by atoms with E-state index in [-0.39, 0.29) is 16.1 Å². The topological polar surface area (TPSA) is 79.9 Å². The zero-order chi connectivity index (χ0) is 22.2. The summed E-state index contributed by atoms with van der Waals surface area (Å²) in [7, 11) is -3.92. The molecule has 0 atom stereocenters. The number of thiazole rings is 1. The van der Waals surface area contributed by atoms with Crippen molar-refractivity contribution in [3.05, 3.63) is 86.5 Å². The zero-order valence-corrected chi connectivity index (χ0v) is 17.4. The molecule has 2 aromatic heterocycles. The number of aromatic nitrogens is 2. The first-order valence-corrected chi connectivity index (χ1v) is 11.7. The number of alkyl halides is 3. The third kappa shape index (κ3) is 4.70. The SMILES string of the molecule is O=c1[nH]c2ccccc2cc1-c1csc(CS(=O)(=O)Cc2ccccc2C(F)(F)F)n1. The van der Waals surface area contributed by atoms with Gasteiger partial charge in [0.25, 0.3) is 5.56 Å². The fourth-order valence-corrected chi connectivity index (χ4v) is 5.90. The Morgan fingerprint density at radius 3 is 2.48 bits per heavy atom. The lowest BCUT2D eigenvalue weighted by atomic mass is 10.1. The largest absolute Gasteiger partial charge is 0.416 e. The molecule has 4 aromatic rings. The van der Waals surface area contributed by atoms with Crippen LogP contribution in [0, 0.1) is 0 Å². The van der Waals surface area contributed by atoms with Crippen molar-refractivity contribution in [2.45, 2.75) is 17.7 Å². The molecule has 2 heterocycles. The van der Waals surface area contributed by atoms with Crippen molar-refractivity contribution in [3.63, 3.8) is 0 Å². The minimum Gasteiger partial charge on any atom is -0.321 e. The highest BCUT2D eigenvalue weighted by atomic mass is 32.2. The quantitative estimate of drug-likeness (QED) is 0.461. The Morgan fingerprint density at radius 2 is 1.71 bits per heavy atom. The highest BCUT2D eigenvalue weighted by molar-refractivity contribution is 7.90. The number of aromatic amines is 1. The smallest absolute Gasteiger partial charge is 0.321 e. The molecule has 0 saturated heterocycles. The van der Waals surface area contributed by atoms with Crippen LogP contribution < -0.4 is 5.56 Å². The normalized spacial score (nSPS) is 12.4. The minimum atomic E-state index is -4.64. The number of halogens is 3. The van der Waals surface area contributed by atoms with Crippen molar-refractivity contribution in [1.29, 1.82) is 0 Å². The van der Waals surface area contributed by atoms with Gasteiger partial charge in [0.1, 0.15) is 10.8 Å². The Hall–Kier alpha value is -2.98. The van der Waals surface area contributed by atoms with Crippen LogP contribution >= 0.6 is 11.3 Å². The van der Waals surface area contributed by atoms with Gasteiger partial charge < -0.3 is 4.98 Å². The molecule has 0 spiro atoms. The Bertz CT molecular complexity index is 1420. The minimum absolute atomic E-state index is 0.201. The Labute approximate surface area is 179 Å². The molecule has 0 radical (unpaired) electrons. The van der Waals surface area contributed by atoms with Crippen LogP contribution in [-0.4, -0.2) is 18.4 Å². The molecule has 2 aromatic carbocycles. The molecular formula is C21H15F3N2O3S2. The van der Waals surface area contributed by atoms with Crippen LogP contribution in [0.5, 0.6) is 0 Å². The van der Waals surface area contributed by atoms with E-state index in [9.17, 15) is 26.4 Å². The predicted octanol–water partition coefficient (Wildman–Crippen LogP) is 4.79. The second-order valence-corrected chi connectivity index (χ2v) is 9.92. The number of rotatable bonds is 5. The van der Waals surface area contributed by atoms with E-state index in [0.29, 0.717) is 16.8 Å². The van der Waals surface area contributed by atoms with E-state index in [1.54, 1.807) is 23.6 Å². The molecule has 0 unspecified atom stereocenters. The summed E-state index contributed by atoms with van der Waals surface area (Å²) in [6.07, 6.45) is -4.64. The molecule has 0 bridgehead atoms. The van der Waals surface area contributed by atoms with Gasteiger partial charge in [-0.25, -0.2) is 13.4 Å². The van der Waals surface area contributed by atoms with Crippen molar-refractivity contribution < 1.29 is 21.6 Å². The van der Waals surface area contributed by atoms with Crippen molar-refractivity contribution in [1.82, 2.24) is 9.97 Å². The average molecular weight is 464 g/mol. The summed E-state index contributed by atoms with van der Waals surface area (Å²) in [4.78, 5) is 19.4. The van der Waals surface area contributed by atoms with Gasteiger partial charge in [-0.05, 0) is 29.1 Å². The number of para-hydroxylation sites is 1. The molecule has 5 nitrogen and oxygen atoms in total. The van der Waals surface area contributed by atoms with Crippen LogP contribution in [0.4, 0.5) is 13.2 Å². The first-order valence-electron chi connectivity index (χ1n) is 9.05. The average Bonchev–Trinajstić information content (AvgIpc) is 3.14. The van der Waals surface area contributed by atoms with Gasteiger partial charge in [-0.3, -0.25) is 4.79 Å². The number of hydrogen-bond donors (Lipinski definition) is 1. The van der Waals surface area contributed by atoms with E-state index < -0.39 is 33.1 Å². The summed E-state index contributed by atoms with van der Waals surface area (Å²) in [6, 6.07) is 13.5. The first-order chi connectivity index (χ1) is 14.6. The number of sulfone groups is 1. The third-order valence-corrected chi connectivity index (χ3v) is 7.12. The monoisotopic (exact) mass is 464 g/mol. The van der Waals surface area contributed by atoms with Crippen LogP contribution in [-0.2, 0) is 27.5 Å². The molecule has 0 amide bonds. The second-order valence-electron chi connectivity index (χ2n) is 6.91. The molecule has 31 heavy (non-hydrogen) atoms. The fraction of sp³-hybridized carbons (Fsp3) is 0.143. The molecule has 160 valence electrons. The Kier molecular flexibility index (Phi) is 5.44. The lowest BCUT2D eigenvalue weighted by Crippen LogP contribution is -2.14. The van der Waals surface area contributed by atoms with Gasteiger partial charge in [-0.15, -0.1) is 11.3 Å². The van der Waals surface area contributed by atoms with Gasteiger partial charge in [0.2, 0.25) is 0 Å². The van der Waals surface area contributed by atoms with Crippen LogP contribution in [0.15, 0.2) is 64.8 Å². The molecule has 0 aliphatic rings. The van der Waals surface area contributed by atoms with Gasteiger partial charge in [0.15, 0.2) is 9.84 Å². The van der Waals surface area contributed by atoms with Gasteiger partial charge in [-0.2, -0.15) is 13.2 Å². The predicted molar refractivity (Wildman–Crippen MR) is 113 cm³/mol. The Morgan fingerprint density at radius 1 is 1.00 bits per heavy atom. The number of fused-ring (bicyclic) bond motifs is 1. The lowest BCUT2D eigenvalue weighted by Gasteiger charge is -2.12. The molecule has 0 saturated carbocycles. The standard InChI is InChI=1S/C21H15F3N2O3S2/c22-21(23,24)16-7-3-1-6-14(16)11-31(28,29)12-19-25-18(10-30-19)15-9-13-5-2-4-8-17(13)26-20(15)27/h1-10H,11-12H2,(H,26,27). The van der Waals surface area contributed by atoms with E-state index in [1.807, 2.05) is 12.1 Å². The number of nitrogens with one attached hydrogen (secondary N) is 1. The van der Waals surface area contributed by atoms with Crippen molar-refractivity contribution >= 4 is 32.1 Å². The number of hydrogen-bond acceptors (Lipinski definition) is 5. The molecular weight excluding hydrogens is 449 g/mol. The number of benzene rings is 2. The molecule has 4 rings (SSSR count). The third-order valence-electron chi connectivity index (χ3n) is 4.62. The van der Waals surface area contributed by atoms with Gasteiger partial charge in [-0.1, -0.05) is 36.4 Å². The molecule has 0 aliphatic heterocycles. The van der Waals surface area contributed by atoms with E-state index in [0.717, 1.165) is 28.9 Å². The van der Waals surface area contributed by atoms with E-state index in [4.69, 9.17) is 0 Å². The van der Waals surface area contributed by atoms with Crippen molar-refractivity contribution in [3.8, 4) is 11.3 Å². The van der Waals surface area contributed by atoms with Crippen LogP contribution in [0.1, 0.15) is 16.1 Å². The van der Waals surface area contributed by atoms with Crippen molar-refractivity contribution in [2.75, 3.05) is 0 Å². The summed E-state index contributed by atoms with van der Waals surface area (Å²) in [6.45, 7) is 0. The van der Waals surface area contributed by atoms with Crippen LogP contribution in [0.25, 0.3) is 22.2 Å². The maximum atomic E-state index is 13.2. The maximum Gasteiger partial charge on any atom is 0.416 e. The molecule has 0 fully saturated rings. The number of pyridine rings is 1. The second kappa shape index (κ2) is 7.93. The fourth-order valence-electron chi connectivity index (χ4n) is 3.24. The van der Waals surface area contributed by atoms with E-state index in [1.165, 1.54) is 12.1 Å². The van der Waals surface area contributed by atoms with Gasteiger partial charge >= 0.3 is 6.18 Å². The maximum absolute atomic E-state index is 13.2. The van der Waals surface area contributed by atoms with Gasteiger partial charge in [0, 0.05) is 10.9 Å². The summed E-state index contributed by atoms with van der Waals surface area (Å²) in [5, 5.41) is 2.56. The van der Waals surface area contributed by atoms with E-state index >= 15 is 0 Å². The lowest BCUT2D eigenvalue weighted by molar-refractivity contribution is -0.138. The highest BCUT2D eigenvalue weighted by Gasteiger charge is 2.34. The highest BCUT2D eigenvalue weighted by Crippen LogP contribution is 2.33. The van der Waals surface area contributed by atoms with Crippen LogP contribution in [0.2, 0.25) is 0 Å². The summed E-state index contributed by atoms with van der Waals surface area (Å²) >= 11 is 1.04. The molecule has 1 N–H and O–H groups in total. The Balaban J connectivity index is 1.60. The molecule has 10 heteroatoms. The van der Waals surface area contributed by atoms with Crippen molar-refractivity contribution in [2.24, 2.45) is 0 Å². The zero-order valence-electron chi connectivity index (χ0n) is 15.8. The first kappa shape index (κ1) is 21.3. The van der Waals surface area contributed by atoms with E-state index in [2.05, 4.69) is 9.97 Å². The summed E-state index contributed by atoms with van der Waals surface area (Å²) in [5.74, 6) is -1.27. The van der Waals surface area contributed by atoms with Gasteiger partial charge in [0.05, 0.1) is 22.6 Å². The summed E-state index contributed by atoms with van der Waals surface area (Å²) in [5.41, 5.74) is -0.368. The number of H-pyrrole nitrogens is 1. The number of nitrogens with zero attached hydrogens (tertiary/aromatic N) is 1. The summed E-state index contributed by atoms with van der Waals surface area (Å²) < 4.78 is 64.6. The van der Waals surface area contributed by atoms with Crippen LogP contribution in [0.3, 0.4) is 0 Å². The molecule has 0 aliphatic carbocycles.